The predicted octanol–water partition coefficient (Wildman–Crippen LogP) is 4.79. The van der Waals surface area contributed by atoms with Crippen molar-refractivity contribution in [2.24, 2.45) is 0 Å². The molecular formula is C22H19NO. The largest absolute Gasteiger partial charge is 0.326 e. The van der Waals surface area contributed by atoms with Crippen molar-refractivity contribution in [1.29, 1.82) is 0 Å². The Morgan fingerprint density at radius 3 is 2.46 bits per heavy atom. The molecule has 1 N–H and O–H groups in total. The summed E-state index contributed by atoms with van der Waals surface area (Å²) in [4.78, 5) is 11.8. The summed E-state index contributed by atoms with van der Waals surface area (Å²) < 4.78 is 0. The quantitative estimate of drug-likeness (QED) is 0.724. The Labute approximate surface area is 141 Å². The van der Waals surface area contributed by atoms with Crippen LogP contribution in [0.2, 0.25) is 0 Å². The van der Waals surface area contributed by atoms with Gasteiger partial charge < -0.3 is 5.32 Å². The van der Waals surface area contributed by atoms with E-state index in [4.69, 9.17) is 0 Å². The normalized spacial score (nSPS) is 13.7. The van der Waals surface area contributed by atoms with E-state index in [0.29, 0.717) is 0 Å². The van der Waals surface area contributed by atoms with E-state index >= 15 is 0 Å². The highest BCUT2D eigenvalue weighted by Gasteiger charge is 2.20. The molecule has 0 unspecified atom stereocenters. The Morgan fingerprint density at radius 1 is 0.875 bits per heavy atom. The van der Waals surface area contributed by atoms with E-state index in [0.717, 1.165) is 24.1 Å². The number of benzene rings is 3. The molecule has 4 rings (SSSR count). The number of fused-ring (bicyclic) bond motifs is 2. The predicted molar refractivity (Wildman–Crippen MR) is 99.3 cm³/mol. The highest BCUT2D eigenvalue weighted by molar-refractivity contribution is 6.00. The number of rotatable bonds is 2. The third-order valence-corrected chi connectivity index (χ3v) is 4.63. The van der Waals surface area contributed by atoms with Crippen molar-refractivity contribution in [3.05, 3.63) is 83.4 Å². The Hall–Kier alpha value is -2.87. The highest BCUT2D eigenvalue weighted by Crippen LogP contribution is 2.36. The number of amides is 1. The number of carbonyl (C=O) groups excluding carboxylic acids is 1. The van der Waals surface area contributed by atoms with Crippen LogP contribution in [-0.2, 0) is 11.2 Å². The molecule has 118 valence electrons. The zero-order valence-electron chi connectivity index (χ0n) is 13.7. The summed E-state index contributed by atoms with van der Waals surface area (Å²) in [5, 5.41) is 5.54. The first-order valence-corrected chi connectivity index (χ1v) is 8.30. The second kappa shape index (κ2) is 5.97. The van der Waals surface area contributed by atoms with E-state index < -0.39 is 0 Å². The summed E-state index contributed by atoms with van der Waals surface area (Å²) in [6, 6.07) is 23.3. The van der Waals surface area contributed by atoms with Crippen LogP contribution in [0.15, 0.2) is 66.7 Å². The summed E-state index contributed by atoms with van der Waals surface area (Å²) in [5.74, 6) is -0.0278. The fraction of sp³-hybridized carbons (Fsp3) is 0.136. The number of hydrogen-bond donors (Lipinski definition) is 1. The second-order valence-corrected chi connectivity index (χ2v) is 6.25. The van der Waals surface area contributed by atoms with Gasteiger partial charge in [0, 0.05) is 12.5 Å². The lowest BCUT2D eigenvalue weighted by Gasteiger charge is -2.24. The molecular weight excluding hydrogens is 294 g/mol. The molecule has 3 aromatic rings. The van der Waals surface area contributed by atoms with Crippen LogP contribution in [0.25, 0.3) is 22.0 Å². The Bertz CT molecular complexity index is 968. The van der Waals surface area contributed by atoms with E-state index in [1.165, 1.54) is 27.5 Å². The van der Waals surface area contributed by atoms with Crippen LogP contribution in [0.1, 0.15) is 30.0 Å². The van der Waals surface area contributed by atoms with Gasteiger partial charge in [-0.3, -0.25) is 4.79 Å². The summed E-state index contributed by atoms with van der Waals surface area (Å²) in [5.41, 5.74) is 5.80. The molecule has 0 spiro atoms. The molecule has 1 aliphatic rings. The minimum Gasteiger partial charge on any atom is -0.326 e. The van der Waals surface area contributed by atoms with Gasteiger partial charge in [0.1, 0.15) is 0 Å². The molecule has 0 atom stereocenters. The molecule has 0 heterocycles. The van der Waals surface area contributed by atoms with E-state index in [1.807, 2.05) is 6.07 Å². The first kappa shape index (κ1) is 14.7. The van der Waals surface area contributed by atoms with Crippen molar-refractivity contribution >= 4 is 27.9 Å². The molecule has 0 radical (unpaired) electrons. The summed E-state index contributed by atoms with van der Waals surface area (Å²) >= 11 is 0. The Morgan fingerprint density at radius 2 is 1.62 bits per heavy atom. The van der Waals surface area contributed by atoms with Crippen molar-refractivity contribution in [3.8, 4) is 0 Å². The number of hydrogen-bond acceptors (Lipinski definition) is 1. The average Bonchev–Trinajstić information content (AvgIpc) is 2.61. The SMILES string of the molecule is CC(=O)NC1=C(c2ccc3ccccc3c2)CCc2ccccc21. The van der Waals surface area contributed by atoms with Gasteiger partial charge in [0.15, 0.2) is 0 Å². The molecule has 0 saturated carbocycles. The van der Waals surface area contributed by atoms with Gasteiger partial charge >= 0.3 is 0 Å². The van der Waals surface area contributed by atoms with Crippen LogP contribution >= 0.6 is 0 Å². The molecule has 0 bridgehead atoms. The van der Waals surface area contributed by atoms with E-state index in [-0.39, 0.29) is 5.91 Å². The van der Waals surface area contributed by atoms with Gasteiger partial charge in [0.25, 0.3) is 0 Å². The van der Waals surface area contributed by atoms with Crippen LogP contribution in [0.5, 0.6) is 0 Å². The van der Waals surface area contributed by atoms with Crippen LogP contribution in [0, 0.1) is 0 Å². The second-order valence-electron chi connectivity index (χ2n) is 6.25. The van der Waals surface area contributed by atoms with Gasteiger partial charge in [-0.15, -0.1) is 0 Å². The maximum absolute atomic E-state index is 11.8. The molecule has 1 aliphatic carbocycles. The van der Waals surface area contributed by atoms with Crippen LogP contribution in [-0.4, -0.2) is 5.91 Å². The summed E-state index contributed by atoms with van der Waals surface area (Å²) in [6.07, 6.45) is 1.94. The zero-order chi connectivity index (χ0) is 16.5. The van der Waals surface area contributed by atoms with Gasteiger partial charge in [0.05, 0.1) is 5.70 Å². The van der Waals surface area contributed by atoms with E-state index in [1.54, 1.807) is 6.92 Å². The van der Waals surface area contributed by atoms with E-state index in [9.17, 15) is 4.79 Å². The van der Waals surface area contributed by atoms with Gasteiger partial charge in [0.2, 0.25) is 5.91 Å². The summed E-state index contributed by atoms with van der Waals surface area (Å²) in [6.45, 7) is 1.57. The minimum absolute atomic E-state index is 0.0278. The van der Waals surface area contributed by atoms with E-state index in [2.05, 4.69) is 66.0 Å². The summed E-state index contributed by atoms with van der Waals surface area (Å²) in [7, 11) is 0. The number of nitrogens with one attached hydrogen (secondary N) is 1. The van der Waals surface area contributed by atoms with Crippen molar-refractivity contribution in [3.63, 3.8) is 0 Å². The maximum atomic E-state index is 11.8. The smallest absolute Gasteiger partial charge is 0.221 e. The molecule has 1 amide bonds. The standard InChI is InChI=1S/C22H19NO/c1-15(24)23-22-20-9-5-4-7-17(20)12-13-21(22)19-11-10-16-6-2-3-8-18(16)14-19/h2-11,14H,12-13H2,1H3,(H,23,24). The topological polar surface area (TPSA) is 29.1 Å². The first-order chi connectivity index (χ1) is 11.7. The molecule has 2 heteroatoms. The minimum atomic E-state index is -0.0278. The number of carbonyl (C=O) groups is 1. The molecule has 0 aliphatic heterocycles. The molecule has 0 saturated heterocycles. The van der Waals surface area contributed by atoms with Crippen molar-refractivity contribution < 1.29 is 4.79 Å². The van der Waals surface area contributed by atoms with Crippen molar-refractivity contribution in [1.82, 2.24) is 5.32 Å². The molecule has 0 fully saturated rings. The van der Waals surface area contributed by atoms with Crippen molar-refractivity contribution in [2.75, 3.05) is 0 Å². The maximum Gasteiger partial charge on any atom is 0.221 e. The van der Waals surface area contributed by atoms with Crippen molar-refractivity contribution in [2.45, 2.75) is 19.8 Å². The van der Waals surface area contributed by atoms with Crippen LogP contribution in [0.4, 0.5) is 0 Å². The lowest BCUT2D eigenvalue weighted by Crippen LogP contribution is -2.22. The Kier molecular flexibility index (Phi) is 3.66. The fourth-order valence-electron chi connectivity index (χ4n) is 3.51. The van der Waals surface area contributed by atoms with Gasteiger partial charge in [-0.2, -0.15) is 0 Å². The molecule has 2 nitrogen and oxygen atoms in total. The highest BCUT2D eigenvalue weighted by atomic mass is 16.1. The fourth-order valence-corrected chi connectivity index (χ4v) is 3.51. The lowest BCUT2D eigenvalue weighted by molar-refractivity contribution is -0.117. The third kappa shape index (κ3) is 2.61. The van der Waals surface area contributed by atoms with Crippen LogP contribution in [0.3, 0.4) is 0 Å². The van der Waals surface area contributed by atoms with Gasteiger partial charge in [-0.1, -0.05) is 60.7 Å². The van der Waals surface area contributed by atoms with Crippen LogP contribution < -0.4 is 5.32 Å². The van der Waals surface area contributed by atoms with Gasteiger partial charge in [-0.25, -0.2) is 0 Å². The third-order valence-electron chi connectivity index (χ3n) is 4.63. The Balaban J connectivity index is 1.91. The van der Waals surface area contributed by atoms with Gasteiger partial charge in [-0.05, 0) is 46.4 Å². The first-order valence-electron chi connectivity index (χ1n) is 8.30. The monoisotopic (exact) mass is 313 g/mol. The zero-order valence-corrected chi connectivity index (χ0v) is 13.7. The number of allylic oxidation sites excluding steroid dienone is 1. The average molecular weight is 313 g/mol. The molecule has 24 heavy (non-hydrogen) atoms. The number of aryl methyl sites for hydroxylation is 1. The molecule has 3 aromatic carbocycles. The molecule has 0 aromatic heterocycles. The lowest BCUT2D eigenvalue weighted by atomic mass is 9.85.